The van der Waals surface area contributed by atoms with E-state index in [1.807, 2.05) is 6.92 Å². The van der Waals surface area contributed by atoms with Gasteiger partial charge in [0.2, 0.25) is 0 Å². The molecule has 1 saturated heterocycles. The summed E-state index contributed by atoms with van der Waals surface area (Å²) < 4.78 is 9.87. The molecule has 1 aliphatic heterocycles. The fraction of sp³-hybridized carbons (Fsp3) is 0.909. The highest BCUT2D eigenvalue weighted by Crippen LogP contribution is 2.45. The van der Waals surface area contributed by atoms with Crippen molar-refractivity contribution in [2.75, 3.05) is 13.7 Å². The fourth-order valence-electron chi connectivity index (χ4n) is 2.98. The van der Waals surface area contributed by atoms with Gasteiger partial charge in [0, 0.05) is 0 Å². The standard InChI is InChI=1S/C11H18O5/c1-5-7-4-16-11(14)9(10(13)15-2)6(7)3-8(5)12/h5-9,11-12,14H,3-4H2,1-2H3. The largest absolute Gasteiger partial charge is 0.469 e. The van der Waals surface area contributed by atoms with Crippen molar-refractivity contribution in [3.8, 4) is 0 Å². The highest BCUT2D eigenvalue weighted by Gasteiger charge is 2.52. The van der Waals surface area contributed by atoms with Crippen LogP contribution in [0.4, 0.5) is 0 Å². The summed E-state index contributed by atoms with van der Waals surface area (Å²) in [6.45, 7) is 2.35. The molecule has 0 aromatic rings. The van der Waals surface area contributed by atoms with Crippen LogP contribution in [0.3, 0.4) is 0 Å². The molecule has 5 nitrogen and oxygen atoms in total. The van der Waals surface area contributed by atoms with Crippen molar-refractivity contribution in [1.29, 1.82) is 0 Å². The minimum absolute atomic E-state index is 0.0406. The smallest absolute Gasteiger partial charge is 0.314 e. The third-order valence-electron chi connectivity index (χ3n) is 4.05. The summed E-state index contributed by atoms with van der Waals surface area (Å²) in [4.78, 5) is 11.6. The summed E-state index contributed by atoms with van der Waals surface area (Å²) in [5.74, 6) is -0.930. The maximum absolute atomic E-state index is 11.6. The zero-order chi connectivity index (χ0) is 11.9. The van der Waals surface area contributed by atoms with Crippen molar-refractivity contribution in [3.63, 3.8) is 0 Å². The van der Waals surface area contributed by atoms with E-state index in [4.69, 9.17) is 4.74 Å². The second-order valence-corrected chi connectivity index (χ2v) is 4.76. The van der Waals surface area contributed by atoms with Crippen molar-refractivity contribution in [2.24, 2.45) is 23.7 Å². The first-order chi connectivity index (χ1) is 7.56. The summed E-state index contributed by atoms with van der Waals surface area (Å²) >= 11 is 0. The van der Waals surface area contributed by atoms with Crippen LogP contribution >= 0.6 is 0 Å². The van der Waals surface area contributed by atoms with Crippen molar-refractivity contribution >= 4 is 5.97 Å². The van der Waals surface area contributed by atoms with E-state index in [1.54, 1.807) is 0 Å². The van der Waals surface area contributed by atoms with Crippen LogP contribution in [-0.4, -0.2) is 42.3 Å². The molecular weight excluding hydrogens is 212 g/mol. The van der Waals surface area contributed by atoms with Gasteiger partial charge in [-0.2, -0.15) is 0 Å². The minimum atomic E-state index is -1.11. The van der Waals surface area contributed by atoms with E-state index in [2.05, 4.69) is 4.74 Å². The van der Waals surface area contributed by atoms with Gasteiger partial charge in [-0.15, -0.1) is 0 Å². The first kappa shape index (κ1) is 11.8. The number of carbonyl (C=O) groups excluding carboxylic acids is 1. The zero-order valence-electron chi connectivity index (χ0n) is 9.50. The summed E-state index contributed by atoms with van der Waals surface area (Å²) in [7, 11) is 1.30. The lowest BCUT2D eigenvalue weighted by Gasteiger charge is -2.36. The SMILES string of the molecule is COC(=O)C1C(O)OCC2C(C)C(O)CC21. The predicted molar refractivity (Wildman–Crippen MR) is 54.2 cm³/mol. The van der Waals surface area contributed by atoms with Crippen molar-refractivity contribution in [2.45, 2.75) is 25.7 Å². The minimum Gasteiger partial charge on any atom is -0.469 e. The van der Waals surface area contributed by atoms with Gasteiger partial charge >= 0.3 is 5.97 Å². The average Bonchev–Trinajstić information content (AvgIpc) is 2.54. The molecule has 6 atom stereocenters. The van der Waals surface area contributed by atoms with Gasteiger partial charge in [0.1, 0.15) is 5.92 Å². The van der Waals surface area contributed by atoms with Gasteiger partial charge in [-0.25, -0.2) is 0 Å². The number of rotatable bonds is 1. The normalized spacial score (nSPS) is 47.5. The van der Waals surface area contributed by atoms with E-state index in [-0.39, 0.29) is 17.8 Å². The molecule has 1 aliphatic carbocycles. The van der Waals surface area contributed by atoms with E-state index < -0.39 is 24.3 Å². The van der Waals surface area contributed by atoms with Crippen LogP contribution in [0.1, 0.15) is 13.3 Å². The molecule has 6 unspecified atom stereocenters. The Balaban J connectivity index is 2.19. The molecule has 2 N–H and O–H groups in total. The lowest BCUT2D eigenvalue weighted by Crippen LogP contribution is -2.45. The maximum Gasteiger partial charge on any atom is 0.314 e. The van der Waals surface area contributed by atoms with Gasteiger partial charge in [-0.05, 0) is 24.2 Å². The van der Waals surface area contributed by atoms with Crippen LogP contribution in [0.15, 0.2) is 0 Å². The highest BCUT2D eigenvalue weighted by atomic mass is 16.6. The Labute approximate surface area is 94.4 Å². The molecule has 2 rings (SSSR count). The van der Waals surface area contributed by atoms with Gasteiger partial charge in [0.05, 0.1) is 19.8 Å². The molecule has 16 heavy (non-hydrogen) atoms. The maximum atomic E-state index is 11.6. The average molecular weight is 230 g/mol. The number of hydrogen-bond donors (Lipinski definition) is 2. The van der Waals surface area contributed by atoms with Gasteiger partial charge in [-0.1, -0.05) is 6.92 Å². The third kappa shape index (κ3) is 1.73. The predicted octanol–water partition coefficient (Wildman–Crippen LogP) is -0.243. The summed E-state index contributed by atoms with van der Waals surface area (Å²) in [6, 6.07) is 0. The zero-order valence-corrected chi connectivity index (χ0v) is 9.50. The van der Waals surface area contributed by atoms with Crippen molar-refractivity contribution < 1.29 is 24.5 Å². The second kappa shape index (κ2) is 4.31. The quantitative estimate of drug-likeness (QED) is 0.608. The molecule has 2 fully saturated rings. The molecule has 2 aliphatic rings. The van der Waals surface area contributed by atoms with Gasteiger partial charge in [-0.3, -0.25) is 4.79 Å². The number of esters is 1. The molecule has 0 amide bonds. The van der Waals surface area contributed by atoms with E-state index in [9.17, 15) is 15.0 Å². The molecule has 5 heteroatoms. The van der Waals surface area contributed by atoms with Gasteiger partial charge < -0.3 is 19.7 Å². The number of aliphatic hydroxyl groups excluding tert-OH is 2. The number of hydrogen-bond acceptors (Lipinski definition) is 5. The number of ether oxygens (including phenoxy) is 2. The highest BCUT2D eigenvalue weighted by molar-refractivity contribution is 5.73. The number of fused-ring (bicyclic) bond motifs is 1. The number of carbonyl (C=O) groups is 1. The van der Waals surface area contributed by atoms with Gasteiger partial charge in [0.25, 0.3) is 0 Å². The van der Waals surface area contributed by atoms with E-state index in [0.717, 1.165) is 0 Å². The van der Waals surface area contributed by atoms with Crippen LogP contribution in [0.25, 0.3) is 0 Å². The number of aliphatic hydroxyl groups is 2. The lowest BCUT2D eigenvalue weighted by atomic mass is 9.79. The summed E-state index contributed by atoms with van der Waals surface area (Å²) in [6.07, 6.45) is -0.992. The lowest BCUT2D eigenvalue weighted by molar-refractivity contribution is -0.209. The number of methoxy groups -OCH3 is 1. The summed E-state index contributed by atoms with van der Waals surface area (Å²) in [5.41, 5.74) is 0. The van der Waals surface area contributed by atoms with Crippen LogP contribution < -0.4 is 0 Å². The Hall–Kier alpha value is -0.650. The Morgan fingerprint density at radius 2 is 2.06 bits per heavy atom. The molecule has 0 aromatic heterocycles. The van der Waals surface area contributed by atoms with Crippen molar-refractivity contribution in [1.82, 2.24) is 0 Å². The molecule has 0 bridgehead atoms. The molecule has 0 radical (unpaired) electrons. The fourth-order valence-corrected chi connectivity index (χ4v) is 2.98. The topological polar surface area (TPSA) is 76.0 Å². The molecule has 0 aromatic carbocycles. The molecule has 1 saturated carbocycles. The third-order valence-corrected chi connectivity index (χ3v) is 4.05. The van der Waals surface area contributed by atoms with Crippen LogP contribution in [-0.2, 0) is 14.3 Å². The Bertz CT molecular complexity index is 280. The Morgan fingerprint density at radius 1 is 1.38 bits per heavy atom. The first-order valence-electron chi connectivity index (χ1n) is 5.61. The first-order valence-corrected chi connectivity index (χ1v) is 5.61. The van der Waals surface area contributed by atoms with Crippen LogP contribution in [0, 0.1) is 23.7 Å². The van der Waals surface area contributed by atoms with Gasteiger partial charge in [0.15, 0.2) is 6.29 Å². The van der Waals surface area contributed by atoms with Crippen LogP contribution in [0.2, 0.25) is 0 Å². The molecular formula is C11H18O5. The monoisotopic (exact) mass is 230 g/mol. The Morgan fingerprint density at radius 3 is 2.69 bits per heavy atom. The van der Waals surface area contributed by atoms with Crippen LogP contribution in [0.5, 0.6) is 0 Å². The van der Waals surface area contributed by atoms with E-state index in [1.165, 1.54) is 7.11 Å². The molecule has 1 heterocycles. The van der Waals surface area contributed by atoms with E-state index >= 15 is 0 Å². The Kier molecular flexibility index (Phi) is 3.19. The molecule has 0 spiro atoms. The van der Waals surface area contributed by atoms with E-state index in [0.29, 0.717) is 13.0 Å². The van der Waals surface area contributed by atoms with Crippen molar-refractivity contribution in [3.05, 3.63) is 0 Å². The second-order valence-electron chi connectivity index (χ2n) is 4.76. The molecule has 92 valence electrons. The summed E-state index contributed by atoms with van der Waals surface area (Å²) in [5, 5.41) is 19.5.